The second-order valence-electron chi connectivity index (χ2n) is 4.52. The Bertz CT molecular complexity index is 786. The fourth-order valence-corrected chi connectivity index (χ4v) is 2.21. The summed E-state index contributed by atoms with van der Waals surface area (Å²) < 4.78 is 3.23. The summed E-state index contributed by atoms with van der Waals surface area (Å²) in [7, 11) is 1.72. The third-order valence-corrected chi connectivity index (χ3v) is 3.18. The molecule has 96 valence electrons. The third kappa shape index (κ3) is 1.89. The molecule has 0 unspecified atom stereocenters. The van der Waals surface area contributed by atoms with E-state index in [9.17, 15) is 4.79 Å². The average Bonchev–Trinajstić information content (AvgIpc) is 2.65. The van der Waals surface area contributed by atoms with Crippen molar-refractivity contribution in [2.75, 3.05) is 5.73 Å². The number of anilines is 1. The second-order valence-corrected chi connectivity index (χ2v) is 4.52. The number of aryl methyl sites for hydroxylation is 1. The highest BCUT2D eigenvalue weighted by molar-refractivity contribution is 5.75. The quantitative estimate of drug-likeness (QED) is 0.751. The first-order valence-corrected chi connectivity index (χ1v) is 6.01. The van der Waals surface area contributed by atoms with Crippen LogP contribution in [0.5, 0.6) is 0 Å². The zero-order valence-corrected chi connectivity index (χ0v) is 10.6. The van der Waals surface area contributed by atoms with E-state index in [1.54, 1.807) is 23.9 Å². The molecule has 2 heterocycles. The molecule has 3 aromatic rings. The summed E-state index contributed by atoms with van der Waals surface area (Å²) in [4.78, 5) is 16.5. The summed E-state index contributed by atoms with van der Waals surface area (Å²) in [5.74, 6) is 0. The van der Waals surface area contributed by atoms with E-state index < -0.39 is 0 Å². The van der Waals surface area contributed by atoms with Crippen LogP contribution in [0, 0.1) is 0 Å². The molecule has 0 aliphatic carbocycles. The minimum atomic E-state index is -0.0862. The number of pyridine rings is 1. The number of nitrogen functional groups attached to an aromatic ring is 1. The van der Waals surface area contributed by atoms with E-state index in [2.05, 4.69) is 4.98 Å². The van der Waals surface area contributed by atoms with Gasteiger partial charge in [-0.25, -0.2) is 9.78 Å². The first-order chi connectivity index (χ1) is 9.16. The van der Waals surface area contributed by atoms with Crippen LogP contribution in [0.15, 0.2) is 47.4 Å². The van der Waals surface area contributed by atoms with Gasteiger partial charge >= 0.3 is 5.69 Å². The Kier molecular flexibility index (Phi) is 2.59. The van der Waals surface area contributed by atoms with Gasteiger partial charge in [-0.05, 0) is 11.6 Å². The van der Waals surface area contributed by atoms with Crippen LogP contribution in [-0.4, -0.2) is 14.1 Å². The molecule has 0 spiro atoms. The lowest BCUT2D eigenvalue weighted by Crippen LogP contribution is -2.22. The Morgan fingerprint density at radius 2 is 2.00 bits per heavy atom. The van der Waals surface area contributed by atoms with Gasteiger partial charge in [-0.15, -0.1) is 0 Å². The van der Waals surface area contributed by atoms with Gasteiger partial charge in [0.15, 0.2) is 5.65 Å². The maximum atomic E-state index is 12.2. The van der Waals surface area contributed by atoms with Crippen LogP contribution < -0.4 is 11.4 Å². The van der Waals surface area contributed by atoms with Gasteiger partial charge in [-0.2, -0.15) is 0 Å². The highest BCUT2D eigenvalue weighted by atomic mass is 16.1. The molecule has 0 atom stereocenters. The number of nitrogens with zero attached hydrogens (tertiary/aromatic N) is 3. The van der Waals surface area contributed by atoms with Crippen LogP contribution >= 0.6 is 0 Å². The smallest absolute Gasteiger partial charge is 0.330 e. The van der Waals surface area contributed by atoms with Gasteiger partial charge in [0.25, 0.3) is 0 Å². The maximum absolute atomic E-state index is 12.2. The average molecular weight is 254 g/mol. The maximum Gasteiger partial charge on any atom is 0.330 e. The molecule has 0 aliphatic rings. The summed E-state index contributed by atoms with van der Waals surface area (Å²) in [6.07, 6.45) is 1.56. The Morgan fingerprint density at radius 3 is 2.74 bits per heavy atom. The van der Waals surface area contributed by atoms with Crippen LogP contribution in [0.3, 0.4) is 0 Å². The van der Waals surface area contributed by atoms with Crippen molar-refractivity contribution in [3.05, 3.63) is 58.6 Å². The van der Waals surface area contributed by atoms with Crippen LogP contribution in [0.25, 0.3) is 11.2 Å². The number of hydrogen-bond acceptors (Lipinski definition) is 3. The van der Waals surface area contributed by atoms with Gasteiger partial charge in [-0.1, -0.05) is 30.3 Å². The van der Waals surface area contributed by atoms with Gasteiger partial charge in [0.2, 0.25) is 0 Å². The van der Waals surface area contributed by atoms with Gasteiger partial charge in [-0.3, -0.25) is 9.13 Å². The number of imidazole rings is 1. The van der Waals surface area contributed by atoms with Crippen molar-refractivity contribution >= 4 is 16.9 Å². The molecule has 2 N–H and O–H groups in total. The first kappa shape index (κ1) is 11.5. The summed E-state index contributed by atoms with van der Waals surface area (Å²) in [5, 5.41) is 0. The summed E-state index contributed by atoms with van der Waals surface area (Å²) in [6, 6.07) is 11.6. The monoisotopic (exact) mass is 254 g/mol. The lowest BCUT2D eigenvalue weighted by molar-refractivity contribution is 0.735. The number of hydrogen-bond donors (Lipinski definition) is 1. The van der Waals surface area contributed by atoms with Gasteiger partial charge in [0.1, 0.15) is 0 Å². The normalized spacial score (nSPS) is 11.0. The van der Waals surface area contributed by atoms with E-state index in [1.165, 1.54) is 4.57 Å². The Hall–Kier alpha value is -2.56. The zero-order valence-electron chi connectivity index (χ0n) is 10.6. The van der Waals surface area contributed by atoms with Gasteiger partial charge < -0.3 is 5.73 Å². The molecule has 0 fully saturated rings. The van der Waals surface area contributed by atoms with E-state index in [0.29, 0.717) is 17.9 Å². The van der Waals surface area contributed by atoms with E-state index >= 15 is 0 Å². The summed E-state index contributed by atoms with van der Waals surface area (Å²) >= 11 is 0. The molecular weight excluding hydrogens is 240 g/mol. The Morgan fingerprint density at radius 1 is 1.26 bits per heavy atom. The van der Waals surface area contributed by atoms with Crippen molar-refractivity contribution in [1.29, 1.82) is 0 Å². The van der Waals surface area contributed by atoms with Crippen LogP contribution in [0.1, 0.15) is 5.56 Å². The van der Waals surface area contributed by atoms with Gasteiger partial charge in [0, 0.05) is 7.05 Å². The number of aromatic nitrogens is 3. The number of benzene rings is 1. The molecular formula is C14H14N4O. The number of fused-ring (bicyclic) bond motifs is 1. The fraction of sp³-hybridized carbons (Fsp3) is 0.143. The van der Waals surface area contributed by atoms with Gasteiger partial charge in [0.05, 0.1) is 23.9 Å². The van der Waals surface area contributed by atoms with Crippen LogP contribution in [0.2, 0.25) is 0 Å². The standard InChI is InChI=1S/C14H14N4O/c1-17-13-12(7-11(15)8-16-13)18(14(17)19)9-10-5-3-2-4-6-10/h2-8H,9,15H2,1H3. The minimum Gasteiger partial charge on any atom is -0.397 e. The molecule has 2 aromatic heterocycles. The molecule has 0 saturated heterocycles. The lowest BCUT2D eigenvalue weighted by Gasteiger charge is -2.03. The molecule has 19 heavy (non-hydrogen) atoms. The molecule has 0 radical (unpaired) electrons. The SMILES string of the molecule is Cn1c(=O)n(Cc2ccccc2)c2cc(N)cnc21. The largest absolute Gasteiger partial charge is 0.397 e. The summed E-state index contributed by atoms with van der Waals surface area (Å²) in [6.45, 7) is 0.516. The van der Waals surface area contributed by atoms with Crippen LogP contribution in [0.4, 0.5) is 5.69 Å². The van der Waals surface area contributed by atoms with Crippen molar-refractivity contribution in [2.24, 2.45) is 7.05 Å². The molecule has 0 saturated carbocycles. The first-order valence-electron chi connectivity index (χ1n) is 6.01. The molecule has 0 bridgehead atoms. The van der Waals surface area contributed by atoms with Crippen LogP contribution in [-0.2, 0) is 13.6 Å². The molecule has 0 aliphatic heterocycles. The Balaban J connectivity index is 2.20. The Labute approximate surface area is 109 Å². The van der Waals surface area contributed by atoms with Crippen molar-refractivity contribution in [1.82, 2.24) is 14.1 Å². The molecule has 1 aromatic carbocycles. The van der Waals surface area contributed by atoms with Crippen molar-refractivity contribution < 1.29 is 0 Å². The molecule has 0 amide bonds. The second kappa shape index (κ2) is 4.28. The third-order valence-electron chi connectivity index (χ3n) is 3.18. The van der Waals surface area contributed by atoms with E-state index in [4.69, 9.17) is 5.73 Å². The number of rotatable bonds is 2. The topological polar surface area (TPSA) is 65.8 Å². The van der Waals surface area contributed by atoms with Crippen molar-refractivity contribution in [3.8, 4) is 0 Å². The number of nitrogens with two attached hydrogens (primary N) is 1. The van der Waals surface area contributed by atoms with E-state index in [0.717, 1.165) is 11.1 Å². The summed E-state index contributed by atoms with van der Waals surface area (Å²) in [5.41, 5.74) is 8.71. The van der Waals surface area contributed by atoms with Crippen molar-refractivity contribution in [3.63, 3.8) is 0 Å². The predicted octanol–water partition coefficient (Wildman–Crippen LogP) is 1.37. The molecule has 3 rings (SSSR count). The molecule has 5 heteroatoms. The lowest BCUT2D eigenvalue weighted by atomic mass is 10.2. The fourth-order valence-electron chi connectivity index (χ4n) is 2.21. The van der Waals surface area contributed by atoms with E-state index in [1.807, 2.05) is 30.3 Å². The van der Waals surface area contributed by atoms with Crippen molar-refractivity contribution in [2.45, 2.75) is 6.54 Å². The minimum absolute atomic E-state index is 0.0862. The predicted molar refractivity (Wildman–Crippen MR) is 74.9 cm³/mol. The zero-order chi connectivity index (χ0) is 13.4. The highest BCUT2D eigenvalue weighted by Crippen LogP contribution is 2.14. The molecule has 5 nitrogen and oxygen atoms in total. The van der Waals surface area contributed by atoms with E-state index in [-0.39, 0.29) is 5.69 Å². The highest BCUT2D eigenvalue weighted by Gasteiger charge is 2.12.